The lowest BCUT2D eigenvalue weighted by Gasteiger charge is -2.17. The molecule has 7 nitrogen and oxygen atoms in total. The van der Waals surface area contributed by atoms with Crippen LogP contribution in [0.15, 0.2) is 27.3 Å². The Morgan fingerprint density at radius 1 is 1.50 bits per heavy atom. The number of amides is 1. The van der Waals surface area contributed by atoms with Gasteiger partial charge in [0.15, 0.2) is 0 Å². The highest BCUT2D eigenvalue weighted by Crippen LogP contribution is 2.24. The molecule has 1 aromatic heterocycles. The van der Waals surface area contributed by atoms with E-state index in [0.717, 1.165) is 10.0 Å². The number of methoxy groups -OCH3 is 1. The summed E-state index contributed by atoms with van der Waals surface area (Å²) in [4.78, 5) is 13.6. The second-order valence-electron chi connectivity index (χ2n) is 4.12. The van der Waals surface area contributed by atoms with Crippen molar-refractivity contribution in [2.45, 2.75) is 6.54 Å². The Bertz CT molecular complexity index is 629. The van der Waals surface area contributed by atoms with Crippen LogP contribution in [0.5, 0.6) is 5.75 Å². The van der Waals surface area contributed by atoms with Gasteiger partial charge in [-0.05, 0) is 28.5 Å². The van der Waals surface area contributed by atoms with Gasteiger partial charge < -0.3 is 15.4 Å². The highest BCUT2D eigenvalue weighted by Gasteiger charge is 2.21. The van der Waals surface area contributed by atoms with Gasteiger partial charge in [0, 0.05) is 23.6 Å². The molecule has 2 aromatic rings. The van der Waals surface area contributed by atoms with Gasteiger partial charge in [-0.1, -0.05) is 15.9 Å². The maximum Gasteiger partial charge on any atom is 0.280 e. The van der Waals surface area contributed by atoms with Gasteiger partial charge in [-0.2, -0.15) is 0 Å². The Balaban J connectivity index is 2.20. The number of hydrogen-bond donors (Lipinski definition) is 1. The molecule has 0 aliphatic heterocycles. The van der Waals surface area contributed by atoms with E-state index >= 15 is 0 Å². The molecule has 1 heterocycles. The van der Waals surface area contributed by atoms with Crippen molar-refractivity contribution in [2.24, 2.45) is 0 Å². The number of benzene rings is 1. The fourth-order valence-electron chi connectivity index (χ4n) is 1.72. The van der Waals surface area contributed by atoms with Gasteiger partial charge in [0.2, 0.25) is 11.5 Å². The summed E-state index contributed by atoms with van der Waals surface area (Å²) in [5.41, 5.74) is 6.36. The Labute approximate surface area is 123 Å². The number of nitrogen functional groups attached to an aromatic ring is 1. The zero-order valence-corrected chi connectivity index (χ0v) is 12.5. The van der Waals surface area contributed by atoms with E-state index in [4.69, 9.17) is 10.5 Å². The molecule has 0 unspecified atom stereocenters. The predicted octanol–water partition coefficient (Wildman–Crippen LogP) is 1.70. The molecular formula is C12H13BrN4O3. The number of anilines is 1. The van der Waals surface area contributed by atoms with Crippen molar-refractivity contribution in [2.75, 3.05) is 19.9 Å². The molecule has 2 rings (SSSR count). The van der Waals surface area contributed by atoms with Gasteiger partial charge in [0.25, 0.3) is 5.91 Å². The lowest BCUT2D eigenvalue weighted by Crippen LogP contribution is -2.27. The lowest BCUT2D eigenvalue weighted by molar-refractivity contribution is 0.0774. The van der Waals surface area contributed by atoms with Crippen LogP contribution in [0.1, 0.15) is 16.1 Å². The Kier molecular flexibility index (Phi) is 4.23. The number of ether oxygens (including phenoxy) is 1. The van der Waals surface area contributed by atoms with Crippen molar-refractivity contribution in [3.63, 3.8) is 0 Å². The molecule has 1 amide bonds. The third-order valence-electron chi connectivity index (χ3n) is 2.71. The minimum Gasteiger partial charge on any atom is -0.496 e. The van der Waals surface area contributed by atoms with Crippen LogP contribution in [0, 0.1) is 0 Å². The molecular weight excluding hydrogens is 328 g/mol. The summed E-state index contributed by atoms with van der Waals surface area (Å²) in [6.07, 6.45) is 0. The van der Waals surface area contributed by atoms with E-state index in [1.165, 1.54) is 4.90 Å². The van der Waals surface area contributed by atoms with Gasteiger partial charge >= 0.3 is 0 Å². The van der Waals surface area contributed by atoms with E-state index < -0.39 is 0 Å². The number of carbonyl (C=O) groups excluding carboxylic acids is 1. The highest BCUT2D eigenvalue weighted by atomic mass is 79.9. The zero-order chi connectivity index (χ0) is 14.7. The molecule has 0 aliphatic carbocycles. The van der Waals surface area contributed by atoms with Crippen LogP contribution in [0.4, 0.5) is 5.82 Å². The first-order valence-electron chi connectivity index (χ1n) is 5.69. The van der Waals surface area contributed by atoms with Crippen molar-refractivity contribution in [1.82, 2.24) is 15.2 Å². The van der Waals surface area contributed by atoms with Crippen LogP contribution in [0.2, 0.25) is 0 Å². The summed E-state index contributed by atoms with van der Waals surface area (Å²) in [6.45, 7) is 0.341. The second-order valence-corrected chi connectivity index (χ2v) is 5.03. The van der Waals surface area contributed by atoms with Crippen LogP contribution in [-0.2, 0) is 6.54 Å². The number of nitrogens with two attached hydrogens (primary N) is 1. The van der Waals surface area contributed by atoms with Crippen molar-refractivity contribution in [3.05, 3.63) is 33.9 Å². The van der Waals surface area contributed by atoms with Crippen molar-refractivity contribution in [3.8, 4) is 5.75 Å². The maximum atomic E-state index is 12.1. The Hall–Kier alpha value is -2.09. The molecule has 0 aliphatic rings. The minimum atomic E-state index is -0.370. The quantitative estimate of drug-likeness (QED) is 0.910. The molecule has 0 radical (unpaired) electrons. The molecule has 1 aromatic carbocycles. The zero-order valence-electron chi connectivity index (χ0n) is 11.0. The van der Waals surface area contributed by atoms with E-state index in [0.29, 0.717) is 12.3 Å². The first kappa shape index (κ1) is 14.3. The smallest absolute Gasteiger partial charge is 0.280 e. The Morgan fingerprint density at radius 3 is 2.85 bits per heavy atom. The summed E-state index contributed by atoms with van der Waals surface area (Å²) in [5.74, 6) is 0.299. The maximum absolute atomic E-state index is 12.1. The van der Waals surface area contributed by atoms with Gasteiger partial charge in [-0.25, -0.2) is 4.63 Å². The van der Waals surface area contributed by atoms with E-state index in [1.807, 2.05) is 18.2 Å². The van der Waals surface area contributed by atoms with Gasteiger partial charge in [-0.3, -0.25) is 4.79 Å². The SMILES string of the molecule is COc1ccc(Br)cc1CN(C)C(=O)c1nonc1N. The molecule has 0 atom stereocenters. The fraction of sp³-hybridized carbons (Fsp3) is 0.250. The first-order valence-corrected chi connectivity index (χ1v) is 6.48. The fourth-order valence-corrected chi connectivity index (χ4v) is 2.13. The van der Waals surface area contributed by atoms with Gasteiger partial charge in [0.1, 0.15) is 5.75 Å². The van der Waals surface area contributed by atoms with E-state index in [9.17, 15) is 4.79 Å². The second kappa shape index (κ2) is 5.91. The minimum absolute atomic E-state index is 0.00136. The summed E-state index contributed by atoms with van der Waals surface area (Å²) < 4.78 is 10.6. The van der Waals surface area contributed by atoms with Crippen LogP contribution in [0.25, 0.3) is 0 Å². The number of nitrogens with zero attached hydrogens (tertiary/aromatic N) is 3. The van der Waals surface area contributed by atoms with Crippen molar-refractivity contribution < 1.29 is 14.2 Å². The van der Waals surface area contributed by atoms with Crippen LogP contribution >= 0.6 is 15.9 Å². The number of rotatable bonds is 4. The normalized spacial score (nSPS) is 10.3. The molecule has 0 spiro atoms. The molecule has 20 heavy (non-hydrogen) atoms. The summed E-state index contributed by atoms with van der Waals surface area (Å²) >= 11 is 3.39. The number of halogens is 1. The monoisotopic (exact) mass is 340 g/mol. The Morgan fingerprint density at radius 2 is 2.25 bits per heavy atom. The topological polar surface area (TPSA) is 94.5 Å². The number of carbonyl (C=O) groups is 1. The highest BCUT2D eigenvalue weighted by molar-refractivity contribution is 9.10. The van der Waals surface area contributed by atoms with E-state index in [1.54, 1.807) is 14.2 Å². The molecule has 0 fully saturated rings. The molecule has 0 saturated heterocycles. The molecule has 8 heteroatoms. The molecule has 0 saturated carbocycles. The first-order chi connectivity index (χ1) is 9.52. The van der Waals surface area contributed by atoms with E-state index in [-0.39, 0.29) is 17.4 Å². The summed E-state index contributed by atoms with van der Waals surface area (Å²) in [6, 6.07) is 5.57. The summed E-state index contributed by atoms with van der Waals surface area (Å²) in [5, 5.41) is 6.88. The lowest BCUT2D eigenvalue weighted by atomic mass is 10.2. The molecule has 2 N–H and O–H groups in total. The van der Waals surface area contributed by atoms with Crippen molar-refractivity contribution >= 4 is 27.7 Å². The molecule has 0 bridgehead atoms. The number of aromatic nitrogens is 2. The summed E-state index contributed by atoms with van der Waals surface area (Å²) in [7, 11) is 3.21. The van der Waals surface area contributed by atoms with Crippen LogP contribution < -0.4 is 10.5 Å². The van der Waals surface area contributed by atoms with Gasteiger partial charge in [-0.15, -0.1) is 0 Å². The van der Waals surface area contributed by atoms with Gasteiger partial charge in [0.05, 0.1) is 7.11 Å². The largest absolute Gasteiger partial charge is 0.496 e. The average molecular weight is 341 g/mol. The number of hydrogen-bond acceptors (Lipinski definition) is 6. The van der Waals surface area contributed by atoms with Crippen LogP contribution in [-0.4, -0.2) is 35.3 Å². The predicted molar refractivity (Wildman–Crippen MR) is 75.2 cm³/mol. The third-order valence-corrected chi connectivity index (χ3v) is 3.21. The van der Waals surface area contributed by atoms with Crippen molar-refractivity contribution in [1.29, 1.82) is 0 Å². The van der Waals surface area contributed by atoms with E-state index in [2.05, 4.69) is 30.9 Å². The average Bonchev–Trinajstić information content (AvgIpc) is 2.84. The molecule has 106 valence electrons. The van der Waals surface area contributed by atoms with Crippen LogP contribution in [0.3, 0.4) is 0 Å². The standard InChI is InChI=1S/C12H13BrN4O3/c1-17(12(18)10-11(14)16-20-15-10)6-7-5-8(13)3-4-9(7)19-2/h3-5H,6H2,1-2H3,(H2,14,16). The third kappa shape index (κ3) is 2.90.